The number of rotatable bonds is 5. The normalized spacial score (nSPS) is 14.6. The molecule has 0 aliphatic carbocycles. The highest BCUT2D eigenvalue weighted by Crippen LogP contribution is 2.40. The van der Waals surface area contributed by atoms with E-state index in [1.165, 1.54) is 23.9 Å². The summed E-state index contributed by atoms with van der Waals surface area (Å²) in [5, 5.41) is 11.2. The Morgan fingerprint density at radius 2 is 1.50 bits per heavy atom. The Morgan fingerprint density at radius 3 is 2.22 bits per heavy atom. The predicted octanol–water partition coefficient (Wildman–Crippen LogP) is 5.89. The molecule has 1 aromatic heterocycles. The van der Waals surface area contributed by atoms with Gasteiger partial charge in [-0.05, 0) is 42.7 Å². The third-order valence-electron chi connectivity index (χ3n) is 5.74. The lowest BCUT2D eigenvalue weighted by Crippen LogP contribution is -2.31. The Morgan fingerprint density at radius 1 is 0.844 bits per heavy atom. The van der Waals surface area contributed by atoms with Gasteiger partial charge < -0.3 is 4.90 Å². The molecule has 2 heterocycles. The summed E-state index contributed by atoms with van der Waals surface area (Å²) in [7, 11) is 0. The van der Waals surface area contributed by atoms with Crippen LogP contribution in [0.2, 0.25) is 0 Å². The van der Waals surface area contributed by atoms with Crippen molar-refractivity contribution in [2.45, 2.75) is 23.1 Å². The number of amides is 1. The highest BCUT2D eigenvalue weighted by atomic mass is 32.2. The Bertz CT molecular complexity index is 1240. The van der Waals surface area contributed by atoms with Crippen LogP contribution in [-0.2, 0) is 4.79 Å². The van der Waals surface area contributed by atoms with Gasteiger partial charge in [0, 0.05) is 29.4 Å². The van der Waals surface area contributed by atoms with E-state index in [1.807, 2.05) is 59.5 Å². The molecule has 4 nitrogen and oxygen atoms in total. The summed E-state index contributed by atoms with van der Waals surface area (Å²) >= 11 is 1.45. The number of carbonyl (C=O) groups is 1. The molecule has 0 N–H and O–H groups in total. The van der Waals surface area contributed by atoms with E-state index in [4.69, 9.17) is 0 Å². The highest BCUT2D eigenvalue weighted by molar-refractivity contribution is 8.00. The zero-order valence-corrected chi connectivity index (χ0v) is 18.3. The van der Waals surface area contributed by atoms with E-state index >= 15 is 0 Å². The van der Waals surface area contributed by atoms with Crippen molar-refractivity contribution in [2.24, 2.45) is 0 Å². The van der Waals surface area contributed by atoms with Gasteiger partial charge in [-0.2, -0.15) is 0 Å². The van der Waals surface area contributed by atoms with Crippen LogP contribution in [0.3, 0.4) is 0 Å². The van der Waals surface area contributed by atoms with Gasteiger partial charge in [-0.15, -0.1) is 10.2 Å². The Balaban J connectivity index is 1.56. The summed E-state index contributed by atoms with van der Waals surface area (Å²) in [6.07, 6.45) is 2.10. The highest BCUT2D eigenvalue weighted by Gasteiger charge is 2.30. The minimum Gasteiger partial charge on any atom is -0.341 e. The summed E-state index contributed by atoms with van der Waals surface area (Å²) in [5.74, 6) is -0.170. The molecule has 1 atom stereocenters. The van der Waals surface area contributed by atoms with E-state index < -0.39 is 0 Å². The number of nitrogens with zero attached hydrogens (tertiary/aromatic N) is 3. The maximum Gasteiger partial charge on any atom is 0.240 e. The van der Waals surface area contributed by atoms with Crippen LogP contribution >= 0.6 is 11.8 Å². The van der Waals surface area contributed by atoms with E-state index in [9.17, 15) is 9.18 Å². The molecule has 0 unspecified atom stereocenters. The second-order valence-electron chi connectivity index (χ2n) is 7.85. The molecular weight excluding hydrogens is 421 g/mol. The topological polar surface area (TPSA) is 46.1 Å². The molecule has 3 aromatic carbocycles. The molecule has 6 heteroatoms. The molecule has 1 aliphatic heterocycles. The third kappa shape index (κ3) is 4.10. The minimum atomic E-state index is -0.385. The van der Waals surface area contributed by atoms with Crippen LogP contribution in [0.4, 0.5) is 4.39 Å². The molecule has 0 radical (unpaired) electrons. The van der Waals surface area contributed by atoms with Crippen LogP contribution in [0.1, 0.15) is 23.7 Å². The number of halogens is 1. The molecule has 0 bridgehead atoms. The van der Waals surface area contributed by atoms with E-state index in [0.29, 0.717) is 10.7 Å². The van der Waals surface area contributed by atoms with Gasteiger partial charge >= 0.3 is 0 Å². The molecule has 32 heavy (non-hydrogen) atoms. The van der Waals surface area contributed by atoms with Gasteiger partial charge in [-0.1, -0.05) is 66.4 Å². The molecule has 160 valence electrons. The van der Waals surface area contributed by atoms with Crippen LogP contribution in [-0.4, -0.2) is 34.1 Å². The zero-order valence-electron chi connectivity index (χ0n) is 17.4. The lowest BCUT2D eigenvalue weighted by atomic mass is 10.1. The monoisotopic (exact) mass is 443 g/mol. The Kier molecular flexibility index (Phi) is 5.86. The van der Waals surface area contributed by atoms with Gasteiger partial charge in [0.1, 0.15) is 21.8 Å². The number of fused-ring (bicyclic) bond motifs is 1. The third-order valence-corrected chi connectivity index (χ3v) is 6.98. The molecular formula is C26H22FN3OS. The molecule has 5 rings (SSSR count). The maximum atomic E-state index is 13.4. The SMILES string of the molecule is O=C([C@@H](Sc1nnc(-c2ccc(F)cc2)c2ccccc12)c1ccccc1)N1CCCC1. The van der Waals surface area contributed by atoms with Crippen LogP contribution in [0.5, 0.6) is 0 Å². The average molecular weight is 444 g/mol. The maximum absolute atomic E-state index is 13.4. The van der Waals surface area contributed by atoms with Gasteiger partial charge in [0.25, 0.3) is 0 Å². The molecule has 1 saturated heterocycles. The molecule has 1 fully saturated rings. The first-order valence-corrected chi connectivity index (χ1v) is 11.6. The van der Waals surface area contributed by atoms with Crippen molar-refractivity contribution in [1.82, 2.24) is 15.1 Å². The van der Waals surface area contributed by atoms with E-state index in [0.717, 1.165) is 47.8 Å². The van der Waals surface area contributed by atoms with Crippen molar-refractivity contribution >= 4 is 28.4 Å². The Labute approximate surface area is 190 Å². The number of thioether (sulfide) groups is 1. The largest absolute Gasteiger partial charge is 0.341 e. The number of likely N-dealkylation sites (tertiary alicyclic amines) is 1. The van der Waals surface area contributed by atoms with Crippen LogP contribution in [0.15, 0.2) is 83.9 Å². The van der Waals surface area contributed by atoms with Crippen LogP contribution in [0, 0.1) is 5.82 Å². The predicted molar refractivity (Wildman–Crippen MR) is 126 cm³/mol. The number of aromatic nitrogens is 2. The first-order chi connectivity index (χ1) is 15.7. The average Bonchev–Trinajstić information content (AvgIpc) is 3.38. The first kappa shape index (κ1) is 20.6. The molecule has 0 spiro atoms. The van der Waals surface area contributed by atoms with Crippen LogP contribution < -0.4 is 0 Å². The first-order valence-electron chi connectivity index (χ1n) is 10.7. The Hall–Kier alpha value is -3.25. The second kappa shape index (κ2) is 9.09. The van der Waals surface area contributed by atoms with Gasteiger partial charge in [-0.25, -0.2) is 4.39 Å². The molecule has 4 aromatic rings. The van der Waals surface area contributed by atoms with Crippen molar-refractivity contribution in [3.63, 3.8) is 0 Å². The van der Waals surface area contributed by atoms with Crippen LogP contribution in [0.25, 0.3) is 22.0 Å². The van der Waals surface area contributed by atoms with Gasteiger partial charge in [0.15, 0.2) is 0 Å². The molecule has 1 aliphatic rings. The van der Waals surface area contributed by atoms with E-state index in [2.05, 4.69) is 10.2 Å². The van der Waals surface area contributed by atoms with E-state index in [1.54, 1.807) is 12.1 Å². The summed E-state index contributed by atoms with van der Waals surface area (Å²) in [6.45, 7) is 1.61. The standard InChI is InChI=1S/C26H22FN3OS/c27-20-14-12-18(13-15-20)23-21-10-4-5-11-22(21)25(29-28-23)32-24(19-8-2-1-3-9-19)26(31)30-16-6-7-17-30/h1-5,8-15,24H,6-7,16-17H2/t24-/m0/s1. The molecule has 1 amide bonds. The summed E-state index contributed by atoms with van der Waals surface area (Å²) in [5.41, 5.74) is 2.47. The van der Waals surface area contributed by atoms with Crippen molar-refractivity contribution in [2.75, 3.05) is 13.1 Å². The number of hydrogen-bond donors (Lipinski definition) is 0. The van der Waals surface area contributed by atoms with Crippen molar-refractivity contribution in [1.29, 1.82) is 0 Å². The van der Waals surface area contributed by atoms with Crippen molar-refractivity contribution < 1.29 is 9.18 Å². The van der Waals surface area contributed by atoms with Gasteiger partial charge in [0.05, 0.1) is 0 Å². The second-order valence-corrected chi connectivity index (χ2v) is 8.94. The summed E-state index contributed by atoms with van der Waals surface area (Å²) in [6, 6.07) is 24.0. The number of hydrogen-bond acceptors (Lipinski definition) is 4. The quantitative estimate of drug-likeness (QED) is 0.361. The smallest absolute Gasteiger partial charge is 0.240 e. The lowest BCUT2D eigenvalue weighted by molar-refractivity contribution is -0.129. The van der Waals surface area contributed by atoms with Gasteiger partial charge in [-0.3, -0.25) is 4.79 Å². The number of carbonyl (C=O) groups excluding carboxylic acids is 1. The van der Waals surface area contributed by atoms with Crippen molar-refractivity contribution in [3.05, 3.63) is 90.2 Å². The van der Waals surface area contributed by atoms with E-state index in [-0.39, 0.29) is 17.0 Å². The van der Waals surface area contributed by atoms with Crippen molar-refractivity contribution in [3.8, 4) is 11.3 Å². The zero-order chi connectivity index (χ0) is 21.9. The summed E-state index contributed by atoms with van der Waals surface area (Å²) in [4.78, 5) is 15.4. The fourth-order valence-corrected chi connectivity index (χ4v) is 5.25. The fraction of sp³-hybridized carbons (Fsp3) is 0.192. The fourth-order valence-electron chi connectivity index (χ4n) is 4.09. The summed E-state index contributed by atoms with van der Waals surface area (Å²) < 4.78 is 13.4. The lowest BCUT2D eigenvalue weighted by Gasteiger charge is -2.23. The molecule has 0 saturated carbocycles. The van der Waals surface area contributed by atoms with Gasteiger partial charge in [0.2, 0.25) is 5.91 Å². The minimum absolute atomic E-state index is 0.118. The number of benzene rings is 3.